The smallest absolute Gasteiger partial charge is 0.406 e. The Balaban J connectivity index is 3.01. The Labute approximate surface area is 79.7 Å². The van der Waals surface area contributed by atoms with Crippen molar-refractivity contribution < 1.29 is 14.5 Å². The molecule has 0 aliphatic heterocycles. The summed E-state index contributed by atoms with van der Waals surface area (Å²) in [6, 6.07) is 3.00. The molecule has 0 aromatic carbocycles. The largest absolute Gasteiger partial charge is 0.478 e. The molecule has 0 bridgehead atoms. The molecular weight excluding hydrogens is 188 g/mol. The molecule has 0 aliphatic rings. The van der Waals surface area contributed by atoms with Crippen molar-refractivity contribution in [3.05, 3.63) is 27.9 Å². The fourth-order valence-corrected chi connectivity index (χ4v) is 0.897. The van der Waals surface area contributed by atoms with Gasteiger partial charge in [-0.25, -0.2) is 0 Å². The summed E-state index contributed by atoms with van der Waals surface area (Å²) in [5, 5.41) is 10.5. The summed E-state index contributed by atoms with van der Waals surface area (Å²) < 4.78 is 4.83. The predicted octanol–water partition coefficient (Wildman–Crippen LogP) is 0.876. The van der Waals surface area contributed by atoms with Gasteiger partial charge in [0.15, 0.2) is 6.29 Å². The fourth-order valence-electron chi connectivity index (χ4n) is 0.897. The zero-order chi connectivity index (χ0) is 10.6. The maximum absolute atomic E-state index is 10.5. The molecule has 0 aliphatic carbocycles. The molecule has 0 amide bonds. The van der Waals surface area contributed by atoms with Crippen LogP contribution < -0.4 is 4.74 Å². The first-order chi connectivity index (χ1) is 6.65. The number of rotatable bonds is 4. The van der Waals surface area contributed by atoms with E-state index >= 15 is 0 Å². The van der Waals surface area contributed by atoms with Gasteiger partial charge in [-0.2, -0.15) is 0 Å². The van der Waals surface area contributed by atoms with Crippen LogP contribution in [0, 0.1) is 17.0 Å². The highest BCUT2D eigenvalue weighted by Gasteiger charge is 2.16. The molecule has 0 radical (unpaired) electrons. The van der Waals surface area contributed by atoms with Crippen LogP contribution in [0.4, 0.5) is 5.82 Å². The summed E-state index contributed by atoms with van der Waals surface area (Å²) in [6.07, 6.45) is 0.517. The first-order valence-electron chi connectivity index (χ1n) is 3.83. The molecule has 0 spiro atoms. The number of carbonyl (C=O) groups excluding carboxylic acids is 1. The number of hydrogen-bond acceptors (Lipinski definition) is 5. The number of aromatic nitrogens is 1. The number of aldehydes is 1. The van der Waals surface area contributed by atoms with Crippen LogP contribution in [-0.2, 0) is 4.79 Å². The number of nitrogens with zero attached hydrogens (tertiary/aromatic N) is 2. The van der Waals surface area contributed by atoms with Crippen molar-refractivity contribution in [1.29, 1.82) is 0 Å². The average Bonchev–Trinajstić information content (AvgIpc) is 2.15. The number of pyridine rings is 1. The lowest BCUT2D eigenvalue weighted by molar-refractivity contribution is -0.390. The second-order valence-corrected chi connectivity index (χ2v) is 2.51. The molecule has 0 fully saturated rings. The van der Waals surface area contributed by atoms with E-state index in [2.05, 4.69) is 4.98 Å². The monoisotopic (exact) mass is 196 g/mol. The zero-order valence-corrected chi connectivity index (χ0v) is 7.47. The summed E-state index contributed by atoms with van der Waals surface area (Å²) in [5.41, 5.74) is 0.523. The molecule has 6 heteroatoms. The lowest BCUT2D eigenvalue weighted by atomic mass is 10.3. The van der Waals surface area contributed by atoms with Crippen LogP contribution in [0.2, 0.25) is 0 Å². The third-order valence-corrected chi connectivity index (χ3v) is 1.46. The van der Waals surface area contributed by atoms with Gasteiger partial charge in [-0.1, -0.05) is 0 Å². The Morgan fingerprint density at radius 1 is 1.64 bits per heavy atom. The summed E-state index contributed by atoms with van der Waals surface area (Å²) in [4.78, 5) is 23.6. The van der Waals surface area contributed by atoms with Crippen LogP contribution >= 0.6 is 0 Å². The van der Waals surface area contributed by atoms with E-state index in [1.807, 2.05) is 0 Å². The second-order valence-electron chi connectivity index (χ2n) is 2.51. The van der Waals surface area contributed by atoms with Crippen molar-refractivity contribution in [3.63, 3.8) is 0 Å². The Morgan fingerprint density at radius 3 is 2.93 bits per heavy atom. The van der Waals surface area contributed by atoms with E-state index in [4.69, 9.17) is 4.74 Å². The van der Waals surface area contributed by atoms with E-state index < -0.39 is 4.92 Å². The normalized spacial score (nSPS) is 9.50. The van der Waals surface area contributed by atoms with Crippen LogP contribution in [0.15, 0.2) is 12.1 Å². The summed E-state index contributed by atoms with van der Waals surface area (Å²) in [7, 11) is 0. The molecule has 0 unspecified atom stereocenters. The van der Waals surface area contributed by atoms with E-state index in [9.17, 15) is 14.9 Å². The van der Waals surface area contributed by atoms with E-state index in [1.54, 1.807) is 13.0 Å². The predicted molar refractivity (Wildman–Crippen MR) is 47.2 cm³/mol. The van der Waals surface area contributed by atoms with Gasteiger partial charge in [0.2, 0.25) is 5.75 Å². The highest BCUT2D eigenvalue weighted by Crippen LogP contribution is 2.23. The Hall–Kier alpha value is -1.98. The Bertz CT molecular complexity index is 364. The molecule has 74 valence electrons. The van der Waals surface area contributed by atoms with Crippen molar-refractivity contribution >= 4 is 12.1 Å². The number of hydrogen-bond donors (Lipinski definition) is 0. The summed E-state index contributed by atoms with van der Waals surface area (Å²) >= 11 is 0. The highest BCUT2D eigenvalue weighted by atomic mass is 16.6. The molecule has 14 heavy (non-hydrogen) atoms. The number of nitro groups is 1. The van der Waals surface area contributed by atoms with Crippen molar-refractivity contribution in [2.45, 2.75) is 6.92 Å². The van der Waals surface area contributed by atoms with Gasteiger partial charge in [-0.05, 0) is 22.0 Å². The van der Waals surface area contributed by atoms with E-state index in [0.29, 0.717) is 12.0 Å². The fraction of sp³-hybridized carbons (Fsp3) is 0.250. The van der Waals surface area contributed by atoms with E-state index in [0.717, 1.165) is 0 Å². The second kappa shape index (κ2) is 4.31. The lowest BCUT2D eigenvalue weighted by Gasteiger charge is -2.02. The number of ether oxygens (including phenoxy) is 1. The minimum atomic E-state index is -0.646. The number of aryl methyl sites for hydroxylation is 1. The molecule has 1 aromatic heterocycles. The molecule has 0 N–H and O–H groups in total. The van der Waals surface area contributed by atoms with E-state index in [1.165, 1.54) is 6.07 Å². The van der Waals surface area contributed by atoms with Gasteiger partial charge in [0, 0.05) is 6.92 Å². The van der Waals surface area contributed by atoms with E-state index in [-0.39, 0.29) is 18.2 Å². The molecule has 0 saturated heterocycles. The van der Waals surface area contributed by atoms with Gasteiger partial charge in [-0.3, -0.25) is 4.79 Å². The van der Waals surface area contributed by atoms with Gasteiger partial charge < -0.3 is 14.9 Å². The van der Waals surface area contributed by atoms with Crippen molar-refractivity contribution in [2.24, 2.45) is 0 Å². The molecular formula is C8H8N2O4. The molecule has 1 heterocycles. The zero-order valence-electron chi connectivity index (χ0n) is 7.47. The SMILES string of the molecule is Cc1ccc(OCC=O)c([N+](=O)[O-])n1. The standard InChI is InChI=1S/C8H8N2O4/c1-6-2-3-7(14-5-4-11)8(9-6)10(12)13/h2-4H,5H2,1H3. The topological polar surface area (TPSA) is 82.3 Å². The highest BCUT2D eigenvalue weighted by molar-refractivity contribution is 5.52. The minimum Gasteiger partial charge on any atom is -0.478 e. The van der Waals surface area contributed by atoms with Crippen LogP contribution in [0.3, 0.4) is 0 Å². The van der Waals surface area contributed by atoms with Crippen molar-refractivity contribution in [3.8, 4) is 5.75 Å². The van der Waals surface area contributed by atoms with Crippen LogP contribution in [0.5, 0.6) is 5.75 Å². The molecule has 1 aromatic rings. The Kier molecular flexibility index (Phi) is 3.11. The first-order valence-corrected chi connectivity index (χ1v) is 3.83. The minimum absolute atomic E-state index is 0.00713. The quantitative estimate of drug-likeness (QED) is 0.405. The van der Waals surface area contributed by atoms with Crippen molar-refractivity contribution in [2.75, 3.05) is 6.61 Å². The third kappa shape index (κ3) is 2.25. The van der Waals surface area contributed by atoms with Gasteiger partial charge in [-0.15, -0.1) is 0 Å². The Morgan fingerprint density at radius 2 is 2.36 bits per heavy atom. The van der Waals surface area contributed by atoms with Gasteiger partial charge in [0.1, 0.15) is 12.3 Å². The summed E-state index contributed by atoms with van der Waals surface area (Å²) in [5.74, 6) is -0.362. The molecule has 6 nitrogen and oxygen atoms in total. The van der Waals surface area contributed by atoms with Crippen LogP contribution in [-0.4, -0.2) is 22.8 Å². The van der Waals surface area contributed by atoms with Gasteiger partial charge >= 0.3 is 5.82 Å². The molecule has 1 rings (SSSR count). The maximum atomic E-state index is 10.5. The lowest BCUT2D eigenvalue weighted by Crippen LogP contribution is -2.03. The van der Waals surface area contributed by atoms with Crippen molar-refractivity contribution in [1.82, 2.24) is 4.98 Å². The van der Waals surface area contributed by atoms with Gasteiger partial charge in [0.25, 0.3) is 0 Å². The molecule has 0 atom stereocenters. The van der Waals surface area contributed by atoms with Crippen LogP contribution in [0.1, 0.15) is 5.69 Å². The average molecular weight is 196 g/mol. The van der Waals surface area contributed by atoms with Crippen LogP contribution in [0.25, 0.3) is 0 Å². The number of carbonyl (C=O) groups is 1. The maximum Gasteiger partial charge on any atom is 0.406 e. The molecule has 0 saturated carbocycles. The third-order valence-electron chi connectivity index (χ3n) is 1.46. The van der Waals surface area contributed by atoms with Gasteiger partial charge in [0.05, 0.1) is 0 Å². The first kappa shape index (κ1) is 10.1. The summed E-state index contributed by atoms with van der Waals surface area (Å²) in [6.45, 7) is 1.42.